The van der Waals surface area contributed by atoms with Crippen LogP contribution in [-0.4, -0.2) is 83.8 Å². The van der Waals surface area contributed by atoms with Gasteiger partial charge in [0.1, 0.15) is 0 Å². The fourth-order valence-corrected chi connectivity index (χ4v) is 3.05. The fourth-order valence-electron chi connectivity index (χ4n) is 3.05. The summed E-state index contributed by atoms with van der Waals surface area (Å²) in [6.07, 6.45) is -76.1. The van der Waals surface area contributed by atoms with Gasteiger partial charge in [-0.1, -0.05) is 0 Å². The molecule has 1 nitrogen and oxygen atoms in total. The van der Waals surface area contributed by atoms with Gasteiger partial charge in [0, 0.05) is 0 Å². The molecule has 0 aliphatic carbocycles. The Morgan fingerprint density at radius 1 is 0.178 bits per heavy atom. The highest BCUT2D eigenvalue weighted by molar-refractivity contribution is 5.25. The third kappa shape index (κ3) is 5.32. The predicted molar refractivity (Wildman–Crippen MR) is 72.6 cm³/mol. The molecule has 0 bridgehead atoms. The Balaban J connectivity index is 9.61. The number of alkyl halides is 30. The Kier molecular flexibility index (Phi) is 9.69. The molecular formula is C14F30O. The van der Waals surface area contributed by atoms with Crippen molar-refractivity contribution in [3.63, 3.8) is 0 Å². The minimum atomic E-state index is -10.8. The lowest BCUT2D eigenvalue weighted by Gasteiger charge is -2.54. The highest BCUT2D eigenvalue weighted by Crippen LogP contribution is 2.71. The van der Waals surface area contributed by atoms with E-state index in [1.165, 1.54) is 0 Å². The van der Waals surface area contributed by atoms with E-state index in [0.717, 1.165) is 0 Å². The summed E-state index contributed by atoms with van der Waals surface area (Å²) < 4.78 is 400. The zero-order valence-electron chi connectivity index (χ0n) is 18.7. The van der Waals surface area contributed by atoms with Gasteiger partial charge in [-0.05, 0) is 0 Å². The van der Waals surface area contributed by atoms with Crippen LogP contribution in [0.1, 0.15) is 0 Å². The maximum absolute atomic E-state index is 15.1. The van der Waals surface area contributed by atoms with Gasteiger partial charge in [0.25, 0.3) is 0 Å². The molecule has 0 aliphatic rings. The van der Waals surface area contributed by atoms with Crippen LogP contribution in [0.3, 0.4) is 0 Å². The number of rotatable bonds is 6. The molecule has 0 amide bonds. The second-order valence-electron chi connectivity index (χ2n) is 7.91. The molecule has 0 unspecified atom stereocenters. The van der Waals surface area contributed by atoms with Crippen LogP contribution in [0.2, 0.25) is 0 Å². The minimum Gasteiger partial charge on any atom is -0.295 e. The van der Waals surface area contributed by atoms with Crippen LogP contribution < -0.4 is 0 Å². The first kappa shape index (κ1) is 42.9. The Morgan fingerprint density at radius 3 is 0.333 bits per heavy atom. The van der Waals surface area contributed by atoms with Gasteiger partial charge in [0.15, 0.2) is 0 Å². The molecule has 0 rings (SSSR count). The van der Waals surface area contributed by atoms with E-state index >= 15 is 8.78 Å². The van der Waals surface area contributed by atoms with E-state index in [9.17, 15) is 123 Å². The molecule has 0 N–H and O–H groups in total. The third-order valence-electron chi connectivity index (χ3n) is 5.18. The van der Waals surface area contributed by atoms with E-state index in [1.807, 2.05) is 0 Å². The van der Waals surface area contributed by atoms with Crippen LogP contribution in [0, 0.1) is 0 Å². The van der Waals surface area contributed by atoms with Crippen molar-refractivity contribution in [2.45, 2.75) is 83.8 Å². The van der Waals surface area contributed by atoms with Crippen LogP contribution in [0.15, 0.2) is 0 Å². The van der Waals surface area contributed by atoms with E-state index in [2.05, 4.69) is 0 Å². The van der Waals surface area contributed by atoms with Crippen molar-refractivity contribution in [2.24, 2.45) is 0 Å². The summed E-state index contributed by atoms with van der Waals surface area (Å²) in [5.41, 5.74) is -41.1. The summed E-state index contributed by atoms with van der Waals surface area (Å²) >= 11 is 0. The predicted octanol–water partition coefficient (Wildman–Crippen LogP) is 9.67. The molecular weight excluding hydrogens is 754 g/mol. The lowest BCUT2D eigenvalue weighted by molar-refractivity contribution is -0.557. The smallest absolute Gasteiger partial charge is 0.295 e. The zero-order chi connectivity index (χ0) is 37.7. The van der Waals surface area contributed by atoms with Crippen molar-refractivity contribution in [1.82, 2.24) is 0 Å². The monoisotopic (exact) mass is 754 g/mol. The van der Waals surface area contributed by atoms with Gasteiger partial charge < -0.3 is 0 Å². The van der Waals surface area contributed by atoms with Crippen molar-refractivity contribution in [1.29, 1.82) is 0 Å². The summed E-state index contributed by atoms with van der Waals surface area (Å²) in [6, 6.07) is 0. The van der Waals surface area contributed by atoms with Gasteiger partial charge in [0.2, 0.25) is 0 Å². The average molecular weight is 754 g/mol. The highest BCUT2D eigenvalue weighted by Gasteiger charge is 3.04. The maximum atomic E-state index is 15.1. The van der Waals surface area contributed by atoms with Gasteiger partial charge in [-0.15, -0.1) is 0 Å². The van der Waals surface area contributed by atoms with Crippen LogP contribution in [0.5, 0.6) is 0 Å². The van der Waals surface area contributed by atoms with E-state index < -0.39 is 83.8 Å². The van der Waals surface area contributed by atoms with Crippen LogP contribution in [0.25, 0.3) is 0 Å². The lowest BCUT2D eigenvalue weighted by atomic mass is 9.76. The molecule has 0 heterocycles. The highest BCUT2D eigenvalue weighted by atomic mass is 19.5. The number of ether oxygens (including phenoxy) is 1. The molecule has 0 atom stereocenters. The van der Waals surface area contributed by atoms with Gasteiger partial charge >= 0.3 is 83.8 Å². The van der Waals surface area contributed by atoms with Gasteiger partial charge in [0.05, 0.1) is 0 Å². The summed E-state index contributed by atoms with van der Waals surface area (Å²) in [4.78, 5) is 0. The quantitative estimate of drug-likeness (QED) is 0.246. The van der Waals surface area contributed by atoms with Crippen molar-refractivity contribution in [3.8, 4) is 0 Å². The fraction of sp³-hybridized carbons (Fsp3) is 1.00. The van der Waals surface area contributed by atoms with Gasteiger partial charge in [-0.2, -0.15) is 105 Å². The normalized spacial score (nSPS) is 17.2. The number of hydrogen-bond acceptors (Lipinski definition) is 1. The second kappa shape index (κ2) is 10.2. The molecule has 0 aromatic rings. The molecule has 0 spiro atoms. The first-order valence-electron chi connectivity index (χ1n) is 9.08. The number of hydrogen-bond donors (Lipinski definition) is 0. The third-order valence-corrected chi connectivity index (χ3v) is 5.18. The van der Waals surface area contributed by atoms with E-state index in [1.54, 1.807) is 0 Å². The Hall–Kier alpha value is -2.14. The average Bonchev–Trinajstić information content (AvgIpc) is 2.69. The Labute approximate surface area is 222 Å². The molecule has 0 aliphatic heterocycles. The summed E-state index contributed by atoms with van der Waals surface area (Å²) in [5.74, 6) is -21.5. The number of halogens is 30. The molecule has 0 aromatic carbocycles. The van der Waals surface area contributed by atoms with Crippen LogP contribution in [0.4, 0.5) is 132 Å². The van der Waals surface area contributed by atoms with E-state index in [-0.39, 0.29) is 0 Å². The Morgan fingerprint density at radius 2 is 0.267 bits per heavy atom. The first-order chi connectivity index (χ1) is 18.7. The van der Waals surface area contributed by atoms with Crippen LogP contribution >= 0.6 is 0 Å². The maximum Gasteiger partial charge on any atom is 0.437 e. The zero-order valence-corrected chi connectivity index (χ0v) is 18.7. The summed E-state index contributed by atoms with van der Waals surface area (Å²) in [5, 5.41) is 0. The first-order valence-corrected chi connectivity index (χ1v) is 9.08. The molecule has 272 valence electrons. The molecule has 31 heteroatoms. The van der Waals surface area contributed by atoms with Crippen molar-refractivity contribution >= 4 is 0 Å². The van der Waals surface area contributed by atoms with E-state index in [4.69, 9.17) is 0 Å². The van der Waals surface area contributed by atoms with Gasteiger partial charge in [-0.25, -0.2) is 26.3 Å². The van der Waals surface area contributed by atoms with Crippen molar-refractivity contribution in [3.05, 3.63) is 0 Å². The van der Waals surface area contributed by atoms with E-state index in [0.29, 0.717) is 4.74 Å². The summed E-state index contributed by atoms with van der Waals surface area (Å²) in [6.45, 7) is 0. The largest absolute Gasteiger partial charge is 0.437 e. The van der Waals surface area contributed by atoms with Crippen molar-refractivity contribution < 1.29 is 136 Å². The molecule has 0 saturated heterocycles. The SMILES string of the molecule is FC(F)(F)C(F)(C(F)(F)F)C(F)(OC(F)(C(F)(C(F)(F)F)C(F)(F)F)C(F)(C(F)(F)F)C(F)(F)F)C(F)(C(F)(F)F)C(F)(F)F. The van der Waals surface area contributed by atoms with Crippen LogP contribution in [-0.2, 0) is 4.74 Å². The lowest BCUT2D eigenvalue weighted by Crippen LogP contribution is -2.87. The molecule has 0 fully saturated rings. The topological polar surface area (TPSA) is 9.23 Å². The molecule has 45 heavy (non-hydrogen) atoms. The summed E-state index contributed by atoms with van der Waals surface area (Å²) in [7, 11) is 0. The minimum absolute atomic E-state index is 0.305. The van der Waals surface area contributed by atoms with Gasteiger partial charge in [-0.3, -0.25) is 4.74 Å². The molecule has 0 aromatic heterocycles. The molecule has 0 saturated carbocycles. The second-order valence-corrected chi connectivity index (χ2v) is 7.91. The molecule has 0 radical (unpaired) electrons. The Bertz CT molecular complexity index is 832. The standard InChI is InChI=1S/C14F30O/c15-1(7(21,22)23,8(24,25)26)5(19,2(16,9(27,28)29)10(30,31)32)45-6(20,3(17,11(33,34)35)12(36,37)38)4(18,13(39,40)41)14(42,43)44. The van der Waals surface area contributed by atoms with Crippen molar-refractivity contribution in [2.75, 3.05) is 0 Å².